The molecule has 0 amide bonds. The molecule has 0 aliphatic rings. The number of esters is 1. The molecule has 0 bridgehead atoms. The van der Waals surface area contributed by atoms with Gasteiger partial charge in [0.2, 0.25) is 0 Å². The van der Waals surface area contributed by atoms with Gasteiger partial charge in [0.25, 0.3) is 0 Å². The molecule has 0 aliphatic carbocycles. The highest BCUT2D eigenvalue weighted by molar-refractivity contribution is 5.90. The summed E-state index contributed by atoms with van der Waals surface area (Å²) < 4.78 is 15.8. The van der Waals surface area contributed by atoms with E-state index in [1.165, 1.54) is 7.11 Å². The van der Waals surface area contributed by atoms with Crippen molar-refractivity contribution in [2.45, 2.75) is 6.92 Å². The van der Waals surface area contributed by atoms with Crippen molar-refractivity contribution < 1.29 is 19.0 Å². The van der Waals surface area contributed by atoms with Crippen molar-refractivity contribution in [1.82, 2.24) is 5.32 Å². The maximum Gasteiger partial charge on any atom is 0.338 e. The van der Waals surface area contributed by atoms with Crippen molar-refractivity contribution in [3.8, 4) is 11.5 Å². The molecule has 0 spiro atoms. The number of hydrogen-bond acceptors (Lipinski definition) is 5. The second kappa shape index (κ2) is 8.98. The summed E-state index contributed by atoms with van der Waals surface area (Å²) in [7, 11) is 1.53. The first-order chi connectivity index (χ1) is 9.72. The molecule has 0 unspecified atom stereocenters. The molecule has 5 nitrogen and oxygen atoms in total. The molecule has 110 valence electrons. The van der Waals surface area contributed by atoms with Gasteiger partial charge in [-0.25, -0.2) is 4.79 Å². The average Bonchev–Trinajstić information content (AvgIpc) is 2.47. The molecule has 1 N–H and O–H groups in total. The van der Waals surface area contributed by atoms with Gasteiger partial charge in [-0.15, -0.1) is 6.58 Å². The van der Waals surface area contributed by atoms with Crippen molar-refractivity contribution in [2.24, 2.45) is 0 Å². The maximum atomic E-state index is 11.6. The fourth-order valence-electron chi connectivity index (χ4n) is 1.57. The number of rotatable bonds is 9. The van der Waals surface area contributed by atoms with Crippen LogP contribution in [0, 0.1) is 0 Å². The maximum absolute atomic E-state index is 11.6. The quantitative estimate of drug-likeness (QED) is 0.426. The highest BCUT2D eigenvalue weighted by Crippen LogP contribution is 2.28. The number of carbonyl (C=O) groups is 1. The molecule has 0 fully saturated rings. The number of benzene rings is 1. The molecule has 0 aliphatic heterocycles. The molecular weight excluding hydrogens is 258 g/mol. The van der Waals surface area contributed by atoms with E-state index in [4.69, 9.17) is 14.2 Å². The second-order valence-electron chi connectivity index (χ2n) is 3.93. The molecule has 0 atom stereocenters. The Hall–Kier alpha value is -2.01. The summed E-state index contributed by atoms with van der Waals surface area (Å²) in [5, 5.41) is 3.13. The van der Waals surface area contributed by atoms with Crippen LogP contribution in [0.2, 0.25) is 0 Å². The fourth-order valence-corrected chi connectivity index (χ4v) is 1.57. The normalized spacial score (nSPS) is 9.90. The predicted octanol–water partition coefficient (Wildman–Crippen LogP) is 2.03. The molecule has 0 heterocycles. The van der Waals surface area contributed by atoms with E-state index in [-0.39, 0.29) is 5.97 Å². The van der Waals surface area contributed by atoms with Crippen molar-refractivity contribution in [3.63, 3.8) is 0 Å². The molecule has 1 aromatic rings. The Morgan fingerprint density at radius 2 is 2.20 bits per heavy atom. The van der Waals surface area contributed by atoms with Crippen molar-refractivity contribution in [2.75, 3.05) is 33.4 Å². The minimum absolute atomic E-state index is 0.342. The van der Waals surface area contributed by atoms with E-state index in [9.17, 15) is 4.79 Å². The van der Waals surface area contributed by atoms with Gasteiger partial charge in [0, 0.05) is 13.1 Å². The van der Waals surface area contributed by atoms with Gasteiger partial charge in [0.15, 0.2) is 11.5 Å². The van der Waals surface area contributed by atoms with Gasteiger partial charge in [-0.2, -0.15) is 0 Å². The van der Waals surface area contributed by atoms with Crippen LogP contribution >= 0.6 is 0 Å². The number of nitrogens with one attached hydrogen (secondary N) is 1. The average molecular weight is 279 g/mol. The first-order valence-electron chi connectivity index (χ1n) is 6.52. The predicted molar refractivity (Wildman–Crippen MR) is 77.5 cm³/mol. The van der Waals surface area contributed by atoms with Crippen LogP contribution in [0.25, 0.3) is 0 Å². The van der Waals surface area contributed by atoms with E-state index in [0.29, 0.717) is 36.8 Å². The molecule has 0 aromatic heterocycles. The third-order valence-corrected chi connectivity index (χ3v) is 2.50. The van der Waals surface area contributed by atoms with Crippen LogP contribution in [0.15, 0.2) is 30.9 Å². The summed E-state index contributed by atoms with van der Waals surface area (Å²) >= 11 is 0. The lowest BCUT2D eigenvalue weighted by atomic mass is 10.2. The molecule has 0 saturated heterocycles. The van der Waals surface area contributed by atoms with E-state index < -0.39 is 0 Å². The zero-order valence-corrected chi connectivity index (χ0v) is 12.0. The molecule has 0 saturated carbocycles. The molecule has 20 heavy (non-hydrogen) atoms. The van der Waals surface area contributed by atoms with Crippen LogP contribution in [-0.4, -0.2) is 39.4 Å². The summed E-state index contributed by atoms with van der Waals surface area (Å²) in [6, 6.07) is 4.98. The van der Waals surface area contributed by atoms with E-state index >= 15 is 0 Å². The highest BCUT2D eigenvalue weighted by Gasteiger charge is 2.11. The van der Waals surface area contributed by atoms with Gasteiger partial charge in [0.05, 0.1) is 19.3 Å². The topological polar surface area (TPSA) is 56.8 Å². The Balaban J connectivity index is 2.63. The molecular formula is C15H21NO4. The Morgan fingerprint density at radius 3 is 2.85 bits per heavy atom. The van der Waals surface area contributed by atoms with Gasteiger partial charge >= 0.3 is 5.97 Å². The SMILES string of the molecule is C=CCNCCOc1ccc(C(=O)OCC)cc1OC. The smallest absolute Gasteiger partial charge is 0.338 e. The lowest BCUT2D eigenvalue weighted by Crippen LogP contribution is -2.21. The standard InChI is InChI=1S/C15H21NO4/c1-4-8-16-9-10-20-13-7-6-12(11-14(13)18-3)15(17)19-5-2/h4,6-7,11,16H,1,5,8-10H2,2-3H3. The Kier molecular flexibility index (Phi) is 7.21. The Bertz CT molecular complexity index is 445. The van der Waals surface area contributed by atoms with Crippen LogP contribution in [0.3, 0.4) is 0 Å². The van der Waals surface area contributed by atoms with Crippen molar-refractivity contribution in [3.05, 3.63) is 36.4 Å². The minimum atomic E-state index is -0.370. The number of carbonyl (C=O) groups excluding carboxylic acids is 1. The zero-order chi connectivity index (χ0) is 14.8. The Labute approximate surface area is 119 Å². The number of ether oxygens (including phenoxy) is 3. The van der Waals surface area contributed by atoms with Crippen LogP contribution in [0.1, 0.15) is 17.3 Å². The summed E-state index contributed by atoms with van der Waals surface area (Å²) in [6.07, 6.45) is 1.79. The summed E-state index contributed by atoms with van der Waals surface area (Å²) in [5.41, 5.74) is 0.445. The highest BCUT2D eigenvalue weighted by atomic mass is 16.5. The van der Waals surface area contributed by atoms with Crippen molar-refractivity contribution >= 4 is 5.97 Å². The van der Waals surface area contributed by atoms with Gasteiger partial charge in [-0.3, -0.25) is 0 Å². The molecule has 5 heteroatoms. The van der Waals surface area contributed by atoms with E-state index in [2.05, 4.69) is 11.9 Å². The number of methoxy groups -OCH3 is 1. The van der Waals surface area contributed by atoms with E-state index in [1.807, 2.05) is 0 Å². The van der Waals surface area contributed by atoms with Gasteiger partial charge in [-0.05, 0) is 25.1 Å². The lowest BCUT2D eigenvalue weighted by molar-refractivity contribution is 0.0526. The van der Waals surface area contributed by atoms with Crippen molar-refractivity contribution in [1.29, 1.82) is 0 Å². The first-order valence-corrected chi connectivity index (χ1v) is 6.52. The third kappa shape index (κ3) is 4.93. The summed E-state index contributed by atoms with van der Waals surface area (Å²) in [4.78, 5) is 11.6. The molecule has 1 rings (SSSR count). The van der Waals surface area contributed by atoms with Gasteiger partial charge in [-0.1, -0.05) is 6.08 Å². The van der Waals surface area contributed by atoms with Crippen LogP contribution in [-0.2, 0) is 4.74 Å². The fraction of sp³-hybridized carbons (Fsp3) is 0.400. The Morgan fingerprint density at radius 1 is 1.40 bits per heavy atom. The summed E-state index contributed by atoms with van der Waals surface area (Å²) in [5.74, 6) is 0.741. The van der Waals surface area contributed by atoms with Crippen LogP contribution < -0.4 is 14.8 Å². The van der Waals surface area contributed by atoms with E-state index in [1.54, 1.807) is 31.2 Å². The third-order valence-electron chi connectivity index (χ3n) is 2.50. The summed E-state index contributed by atoms with van der Waals surface area (Å²) in [6.45, 7) is 7.67. The van der Waals surface area contributed by atoms with Gasteiger partial charge in [0.1, 0.15) is 6.61 Å². The van der Waals surface area contributed by atoms with Gasteiger partial charge < -0.3 is 19.5 Å². The van der Waals surface area contributed by atoms with E-state index in [0.717, 1.165) is 6.54 Å². The van der Waals surface area contributed by atoms with Crippen LogP contribution in [0.4, 0.5) is 0 Å². The minimum Gasteiger partial charge on any atom is -0.493 e. The zero-order valence-electron chi connectivity index (χ0n) is 12.0. The van der Waals surface area contributed by atoms with Crippen LogP contribution in [0.5, 0.6) is 11.5 Å². The number of hydrogen-bond donors (Lipinski definition) is 1. The molecule has 1 aromatic carbocycles. The molecule has 0 radical (unpaired) electrons. The monoisotopic (exact) mass is 279 g/mol. The lowest BCUT2D eigenvalue weighted by Gasteiger charge is -2.12. The second-order valence-corrected chi connectivity index (χ2v) is 3.93. The largest absolute Gasteiger partial charge is 0.493 e. The first kappa shape index (κ1) is 16.0.